The molecule has 1 aromatic heterocycles. The quantitative estimate of drug-likeness (QED) is 0.516. The summed E-state index contributed by atoms with van der Waals surface area (Å²) in [5, 5.41) is 5.29. The van der Waals surface area contributed by atoms with Crippen molar-refractivity contribution >= 4 is 15.9 Å². The van der Waals surface area contributed by atoms with E-state index in [2.05, 4.69) is 16.1 Å². The Hall–Kier alpha value is -2.42. The minimum absolute atomic E-state index is 0.0578. The van der Waals surface area contributed by atoms with Crippen LogP contribution in [-0.4, -0.2) is 25.4 Å². The number of benzene rings is 1. The van der Waals surface area contributed by atoms with Crippen molar-refractivity contribution in [2.75, 3.05) is 6.54 Å². The van der Waals surface area contributed by atoms with Gasteiger partial charge in [0.2, 0.25) is 10.0 Å². The van der Waals surface area contributed by atoms with E-state index in [-0.39, 0.29) is 4.90 Å². The first-order valence-corrected chi connectivity index (χ1v) is 10.3. The third-order valence-electron chi connectivity index (χ3n) is 5.18. The summed E-state index contributed by atoms with van der Waals surface area (Å²) >= 11 is 0. The van der Waals surface area contributed by atoms with Crippen molar-refractivity contribution < 1.29 is 8.42 Å². The van der Waals surface area contributed by atoms with Crippen molar-refractivity contribution in [1.82, 2.24) is 4.57 Å². The molecule has 7 nitrogen and oxygen atoms in total. The van der Waals surface area contributed by atoms with Gasteiger partial charge in [0, 0.05) is 35.3 Å². The average Bonchev–Trinajstić information content (AvgIpc) is 2.91. The van der Waals surface area contributed by atoms with Crippen LogP contribution in [0.5, 0.6) is 0 Å². The van der Waals surface area contributed by atoms with Crippen molar-refractivity contribution in [3.05, 3.63) is 54.5 Å². The van der Waals surface area contributed by atoms with E-state index in [0.717, 1.165) is 35.2 Å². The molecule has 2 aromatic rings. The number of amidine groups is 1. The number of nitrogens with zero attached hydrogens (tertiary/aromatic N) is 2. The van der Waals surface area contributed by atoms with Crippen molar-refractivity contribution in [3.8, 4) is 11.1 Å². The molecule has 1 aliphatic rings. The summed E-state index contributed by atoms with van der Waals surface area (Å²) < 4.78 is 25.7. The zero-order valence-electron chi connectivity index (χ0n) is 15.3. The lowest BCUT2D eigenvalue weighted by Gasteiger charge is -2.36. The van der Waals surface area contributed by atoms with Crippen LogP contribution >= 0.6 is 0 Å². The summed E-state index contributed by atoms with van der Waals surface area (Å²) in [7, 11) is -3.80. The smallest absolute Gasteiger partial charge is 0.238 e. The second kappa shape index (κ2) is 7.30. The number of hydrogen-bond acceptors (Lipinski definition) is 4. The molecule has 0 radical (unpaired) electrons. The second-order valence-corrected chi connectivity index (χ2v) is 8.47. The fourth-order valence-electron chi connectivity index (χ4n) is 3.67. The van der Waals surface area contributed by atoms with E-state index in [4.69, 9.17) is 16.6 Å². The second-order valence-electron chi connectivity index (χ2n) is 6.91. The largest absolute Gasteiger partial charge is 0.383 e. The van der Waals surface area contributed by atoms with E-state index < -0.39 is 10.0 Å². The highest BCUT2D eigenvalue weighted by atomic mass is 32.2. The van der Waals surface area contributed by atoms with Gasteiger partial charge in [-0.25, -0.2) is 18.5 Å². The van der Waals surface area contributed by atoms with Crippen molar-refractivity contribution in [2.45, 2.75) is 30.7 Å². The Morgan fingerprint density at radius 3 is 2.70 bits per heavy atom. The maximum atomic E-state index is 11.7. The first kappa shape index (κ1) is 19.3. The van der Waals surface area contributed by atoms with Crippen LogP contribution in [0, 0.1) is 12.8 Å². The standard InChI is InChI=1S/C19H25N5O2S/c1-3-23-19(21)18-12(2)24(15-7-13(8-15)10-20)11-17(18)14-5-4-6-16(9-14)27(22,25)26/h3-6,9,11,13,15H,1,7-8,10,20H2,2H3,(H2,21,23)(H2,22,25,26). The average molecular weight is 388 g/mol. The Morgan fingerprint density at radius 1 is 1.41 bits per heavy atom. The Kier molecular flexibility index (Phi) is 5.23. The Morgan fingerprint density at radius 2 is 2.11 bits per heavy atom. The van der Waals surface area contributed by atoms with Gasteiger partial charge in [-0.3, -0.25) is 0 Å². The van der Waals surface area contributed by atoms with Crippen LogP contribution in [0.1, 0.15) is 30.1 Å². The normalized spacial score (nSPS) is 20.3. The summed E-state index contributed by atoms with van der Waals surface area (Å²) in [6, 6.07) is 6.88. The molecule has 0 bridgehead atoms. The van der Waals surface area contributed by atoms with Gasteiger partial charge in [0.15, 0.2) is 0 Å². The van der Waals surface area contributed by atoms with Crippen LogP contribution in [-0.2, 0) is 10.0 Å². The zero-order chi connectivity index (χ0) is 19.8. The minimum Gasteiger partial charge on any atom is -0.383 e. The molecule has 1 heterocycles. The van der Waals surface area contributed by atoms with Crippen molar-refractivity contribution in [3.63, 3.8) is 0 Å². The molecule has 144 valence electrons. The molecule has 8 heteroatoms. The highest BCUT2D eigenvalue weighted by Gasteiger charge is 2.31. The molecule has 0 aliphatic heterocycles. The van der Waals surface area contributed by atoms with Crippen LogP contribution in [0.4, 0.5) is 0 Å². The van der Waals surface area contributed by atoms with Gasteiger partial charge in [0.05, 0.1) is 4.90 Å². The predicted molar refractivity (Wildman–Crippen MR) is 108 cm³/mol. The maximum absolute atomic E-state index is 11.7. The van der Waals surface area contributed by atoms with Crippen LogP contribution < -0.4 is 16.6 Å². The number of aromatic nitrogens is 1. The van der Waals surface area contributed by atoms with Gasteiger partial charge in [-0.15, -0.1) is 0 Å². The maximum Gasteiger partial charge on any atom is 0.238 e. The summed E-state index contributed by atoms with van der Waals surface area (Å²) in [6.07, 6.45) is 5.43. The lowest BCUT2D eigenvalue weighted by atomic mass is 9.80. The van der Waals surface area contributed by atoms with E-state index in [1.54, 1.807) is 12.1 Å². The molecule has 1 aromatic carbocycles. The van der Waals surface area contributed by atoms with Gasteiger partial charge in [-0.05, 0) is 49.9 Å². The van der Waals surface area contributed by atoms with E-state index >= 15 is 0 Å². The van der Waals surface area contributed by atoms with E-state index in [0.29, 0.717) is 24.3 Å². The highest BCUT2D eigenvalue weighted by Crippen LogP contribution is 2.41. The van der Waals surface area contributed by atoms with E-state index in [9.17, 15) is 8.42 Å². The molecule has 1 fully saturated rings. The topological polar surface area (TPSA) is 129 Å². The molecule has 6 N–H and O–H groups in total. The van der Waals surface area contributed by atoms with Gasteiger partial charge in [-0.2, -0.15) is 0 Å². The molecular weight excluding hydrogens is 362 g/mol. The zero-order valence-corrected chi connectivity index (χ0v) is 16.1. The molecule has 0 atom stereocenters. The molecule has 0 unspecified atom stereocenters. The third-order valence-corrected chi connectivity index (χ3v) is 6.10. The lowest BCUT2D eigenvalue weighted by molar-refractivity contribution is 0.202. The molecule has 1 saturated carbocycles. The molecule has 27 heavy (non-hydrogen) atoms. The first-order valence-electron chi connectivity index (χ1n) is 8.75. The lowest BCUT2D eigenvalue weighted by Crippen LogP contribution is -2.32. The van der Waals surface area contributed by atoms with Gasteiger partial charge in [0.25, 0.3) is 0 Å². The van der Waals surface area contributed by atoms with Crippen LogP contribution in [0.2, 0.25) is 0 Å². The minimum atomic E-state index is -3.80. The monoisotopic (exact) mass is 387 g/mol. The molecule has 0 amide bonds. The van der Waals surface area contributed by atoms with Gasteiger partial charge < -0.3 is 16.0 Å². The van der Waals surface area contributed by atoms with Crippen LogP contribution in [0.3, 0.4) is 0 Å². The first-order chi connectivity index (χ1) is 12.8. The molecule has 0 saturated heterocycles. The van der Waals surface area contributed by atoms with E-state index in [1.165, 1.54) is 12.3 Å². The fourth-order valence-corrected chi connectivity index (χ4v) is 4.23. The fraction of sp³-hybridized carbons (Fsp3) is 0.316. The number of rotatable bonds is 6. The third kappa shape index (κ3) is 3.69. The summed E-state index contributed by atoms with van der Waals surface area (Å²) in [4.78, 5) is 4.20. The van der Waals surface area contributed by atoms with Gasteiger partial charge in [-0.1, -0.05) is 18.7 Å². The number of hydrogen-bond donors (Lipinski definition) is 3. The molecule has 3 rings (SSSR count). The Labute approximate surface area is 159 Å². The molecule has 0 spiro atoms. The number of sulfonamides is 1. The van der Waals surface area contributed by atoms with Crippen LogP contribution in [0.15, 0.2) is 53.1 Å². The van der Waals surface area contributed by atoms with Gasteiger partial charge in [0.1, 0.15) is 5.84 Å². The summed E-state index contributed by atoms with van der Waals surface area (Å²) in [5.41, 5.74) is 15.2. The Bertz CT molecular complexity index is 1000. The van der Waals surface area contributed by atoms with E-state index in [1.807, 2.05) is 19.2 Å². The van der Waals surface area contributed by atoms with Crippen molar-refractivity contribution in [1.29, 1.82) is 0 Å². The molecule has 1 aliphatic carbocycles. The van der Waals surface area contributed by atoms with Crippen molar-refractivity contribution in [2.24, 2.45) is 27.5 Å². The number of aliphatic imine (C=N–C) groups is 1. The molecular formula is C19H25N5O2S. The predicted octanol–water partition coefficient (Wildman–Crippen LogP) is 1.87. The SMILES string of the molecule is C=CN=C(N)c1c(-c2cccc(S(N)(=O)=O)c2)cn(C2CC(CN)C2)c1C. The number of primary sulfonamides is 1. The van der Waals surface area contributed by atoms with Crippen LogP contribution in [0.25, 0.3) is 11.1 Å². The highest BCUT2D eigenvalue weighted by molar-refractivity contribution is 7.89. The number of nitrogens with two attached hydrogens (primary N) is 3. The Balaban J connectivity index is 2.14. The summed E-state index contributed by atoms with van der Waals surface area (Å²) in [5.74, 6) is 0.876. The summed E-state index contributed by atoms with van der Waals surface area (Å²) in [6.45, 7) is 6.29. The van der Waals surface area contributed by atoms with Gasteiger partial charge >= 0.3 is 0 Å².